The summed E-state index contributed by atoms with van der Waals surface area (Å²) in [5.41, 5.74) is 0. The van der Waals surface area contributed by atoms with Crippen molar-refractivity contribution in [2.75, 3.05) is 0 Å². The first-order valence-electron chi connectivity index (χ1n) is 3.50. The van der Waals surface area contributed by atoms with Crippen molar-refractivity contribution in [1.82, 2.24) is 0 Å². The summed E-state index contributed by atoms with van der Waals surface area (Å²) in [5, 5.41) is 0. The normalized spacial score (nSPS) is 14.5. The lowest BCUT2D eigenvalue weighted by Gasteiger charge is -2.21. The molecule has 0 atom stereocenters. The number of hydrogen-bond acceptors (Lipinski definition) is 4. The van der Waals surface area contributed by atoms with Gasteiger partial charge in [-0.2, -0.15) is 16.8 Å². The van der Waals surface area contributed by atoms with Gasteiger partial charge in [0.25, 0.3) is 20.2 Å². The molecule has 0 aliphatic rings. The van der Waals surface area contributed by atoms with Crippen LogP contribution in [0.15, 0.2) is 0 Å². The Morgan fingerprint density at radius 1 is 1.08 bits per heavy atom. The van der Waals surface area contributed by atoms with Gasteiger partial charge in [-0.1, -0.05) is 13.3 Å². The van der Waals surface area contributed by atoms with Gasteiger partial charge in [0.05, 0.1) is 0 Å². The lowest BCUT2D eigenvalue weighted by molar-refractivity contribution is 0.419. The van der Waals surface area contributed by atoms with Crippen molar-refractivity contribution in [2.24, 2.45) is 0 Å². The van der Waals surface area contributed by atoms with Crippen LogP contribution in [0.1, 0.15) is 26.7 Å². The molecule has 0 saturated heterocycles. The average Bonchev–Trinajstić information content (AvgIpc) is 1.82. The Labute approximate surface area is 77.5 Å². The fraction of sp³-hybridized carbons (Fsp3) is 1.00. The van der Waals surface area contributed by atoms with Gasteiger partial charge in [-0.3, -0.25) is 9.11 Å². The van der Waals surface area contributed by atoms with Crippen molar-refractivity contribution >= 4 is 20.2 Å². The van der Waals surface area contributed by atoms with Crippen LogP contribution in [0, 0.1) is 0 Å². The monoisotopic (exact) mass is 232 g/mol. The maximum absolute atomic E-state index is 10.7. The smallest absolute Gasteiger partial charge is 0.284 e. The van der Waals surface area contributed by atoms with Gasteiger partial charge in [-0.25, -0.2) is 0 Å². The van der Waals surface area contributed by atoms with E-state index in [9.17, 15) is 16.8 Å². The Kier molecular flexibility index (Phi) is 3.47. The Morgan fingerprint density at radius 3 is 1.46 bits per heavy atom. The van der Waals surface area contributed by atoms with Gasteiger partial charge in [-0.05, 0) is 13.3 Å². The highest BCUT2D eigenvalue weighted by Crippen LogP contribution is 2.27. The zero-order valence-corrected chi connectivity index (χ0v) is 8.89. The second-order valence-corrected chi connectivity index (χ2v) is 6.79. The van der Waals surface area contributed by atoms with E-state index >= 15 is 0 Å². The van der Waals surface area contributed by atoms with Crippen molar-refractivity contribution in [1.29, 1.82) is 0 Å². The van der Waals surface area contributed by atoms with E-state index in [4.69, 9.17) is 9.11 Å². The van der Waals surface area contributed by atoms with Gasteiger partial charge in [-0.15, -0.1) is 0 Å². The van der Waals surface area contributed by atoms with E-state index in [1.54, 1.807) is 0 Å². The molecule has 0 heterocycles. The van der Waals surface area contributed by atoms with Gasteiger partial charge in [0, 0.05) is 0 Å². The fourth-order valence-electron chi connectivity index (χ4n) is 0.845. The highest BCUT2D eigenvalue weighted by atomic mass is 32.3. The van der Waals surface area contributed by atoms with E-state index in [1.165, 1.54) is 6.92 Å². The van der Waals surface area contributed by atoms with Crippen LogP contribution in [0.25, 0.3) is 0 Å². The third-order valence-electron chi connectivity index (χ3n) is 1.80. The average molecular weight is 232 g/mol. The molecule has 0 aliphatic heterocycles. The van der Waals surface area contributed by atoms with Crippen molar-refractivity contribution in [2.45, 2.75) is 30.8 Å². The fourth-order valence-corrected chi connectivity index (χ4v) is 2.83. The molecule has 2 N–H and O–H groups in total. The highest BCUT2D eigenvalue weighted by molar-refractivity contribution is 8.05. The molecule has 0 aromatic carbocycles. The molecule has 0 spiro atoms. The Balaban J connectivity index is 5.50. The summed E-state index contributed by atoms with van der Waals surface area (Å²) in [6.45, 7) is 2.30. The molecule has 13 heavy (non-hydrogen) atoms. The molecule has 0 saturated carbocycles. The quantitative estimate of drug-likeness (QED) is 0.674. The molecule has 0 amide bonds. The van der Waals surface area contributed by atoms with Gasteiger partial charge in [0.2, 0.25) is 4.08 Å². The summed E-state index contributed by atoms with van der Waals surface area (Å²) in [6.07, 6.45) is -0.152. The minimum Gasteiger partial charge on any atom is -0.284 e. The van der Waals surface area contributed by atoms with Crippen LogP contribution < -0.4 is 0 Å². The van der Waals surface area contributed by atoms with Crippen LogP contribution in [0.5, 0.6) is 0 Å². The minimum absolute atomic E-state index is 0.204. The first-order valence-corrected chi connectivity index (χ1v) is 6.38. The molecular weight excluding hydrogens is 220 g/mol. The second kappa shape index (κ2) is 3.52. The minimum atomic E-state index is -4.82. The van der Waals surface area contributed by atoms with Crippen molar-refractivity contribution in [3.05, 3.63) is 0 Å². The van der Waals surface area contributed by atoms with Crippen LogP contribution in [-0.2, 0) is 20.2 Å². The standard InChI is InChI=1S/C5H12O6S2/c1-3-4-5(2,12(6,7)8)13(9,10)11/h3-4H2,1-2H3,(H,6,7,8)(H,9,10,11). The van der Waals surface area contributed by atoms with E-state index in [2.05, 4.69) is 0 Å². The van der Waals surface area contributed by atoms with E-state index in [-0.39, 0.29) is 12.8 Å². The molecule has 0 aromatic heterocycles. The van der Waals surface area contributed by atoms with Crippen LogP contribution in [-0.4, -0.2) is 30.0 Å². The summed E-state index contributed by atoms with van der Waals surface area (Å²) < 4.78 is 57.6. The van der Waals surface area contributed by atoms with Crippen LogP contribution >= 0.6 is 0 Å². The highest BCUT2D eigenvalue weighted by Gasteiger charge is 2.49. The second-order valence-electron chi connectivity index (χ2n) is 2.83. The zero-order valence-electron chi connectivity index (χ0n) is 7.26. The Bertz CT molecular complexity index is 332. The first-order chi connectivity index (χ1) is 5.56. The molecule has 0 bridgehead atoms. The molecule has 0 fully saturated rings. The summed E-state index contributed by atoms with van der Waals surface area (Å²) in [7, 11) is -9.64. The number of hydrogen-bond donors (Lipinski definition) is 2. The Morgan fingerprint density at radius 2 is 1.38 bits per heavy atom. The lowest BCUT2D eigenvalue weighted by Crippen LogP contribution is -2.42. The third-order valence-corrected chi connectivity index (χ3v) is 5.65. The van der Waals surface area contributed by atoms with Gasteiger partial charge >= 0.3 is 0 Å². The molecule has 0 aromatic rings. The van der Waals surface area contributed by atoms with E-state index in [1.807, 2.05) is 0 Å². The van der Waals surface area contributed by atoms with E-state index < -0.39 is 24.3 Å². The SMILES string of the molecule is CCCC(C)(S(=O)(=O)O)S(=O)(=O)O. The first kappa shape index (κ1) is 12.8. The molecule has 0 aliphatic carbocycles. The topological polar surface area (TPSA) is 109 Å². The van der Waals surface area contributed by atoms with Crippen LogP contribution in [0.2, 0.25) is 0 Å². The van der Waals surface area contributed by atoms with Crippen LogP contribution in [0.4, 0.5) is 0 Å². The van der Waals surface area contributed by atoms with Gasteiger partial charge < -0.3 is 0 Å². The molecule has 0 rings (SSSR count). The number of rotatable bonds is 4. The van der Waals surface area contributed by atoms with Gasteiger partial charge in [0.1, 0.15) is 0 Å². The van der Waals surface area contributed by atoms with E-state index in [0.29, 0.717) is 0 Å². The summed E-state index contributed by atoms with van der Waals surface area (Å²) in [5.74, 6) is 0. The predicted octanol–water partition coefficient (Wildman–Crippen LogP) is 0.278. The molecule has 0 unspecified atom stereocenters. The molecule has 80 valence electrons. The van der Waals surface area contributed by atoms with Crippen molar-refractivity contribution < 1.29 is 25.9 Å². The van der Waals surface area contributed by atoms with Crippen molar-refractivity contribution in [3.8, 4) is 0 Å². The molecule has 6 nitrogen and oxygen atoms in total. The molecular formula is C5H12O6S2. The lowest BCUT2D eigenvalue weighted by atomic mass is 10.3. The van der Waals surface area contributed by atoms with E-state index in [0.717, 1.165) is 6.92 Å². The Hall–Kier alpha value is -0.180. The molecule has 0 radical (unpaired) electrons. The summed E-state index contributed by atoms with van der Waals surface area (Å²) in [4.78, 5) is 0. The summed E-state index contributed by atoms with van der Waals surface area (Å²) in [6, 6.07) is 0. The largest absolute Gasteiger partial charge is 0.287 e. The predicted molar refractivity (Wildman–Crippen MR) is 46.4 cm³/mol. The summed E-state index contributed by atoms with van der Waals surface area (Å²) >= 11 is 0. The zero-order chi connectivity index (χ0) is 10.9. The maximum Gasteiger partial charge on any atom is 0.287 e. The van der Waals surface area contributed by atoms with Crippen LogP contribution in [0.3, 0.4) is 0 Å². The van der Waals surface area contributed by atoms with Gasteiger partial charge in [0.15, 0.2) is 0 Å². The maximum atomic E-state index is 10.7. The molecule has 8 heteroatoms. The third kappa shape index (κ3) is 2.39. The van der Waals surface area contributed by atoms with Crippen molar-refractivity contribution in [3.63, 3.8) is 0 Å².